The Bertz CT molecular complexity index is 696. The van der Waals surface area contributed by atoms with E-state index in [-0.39, 0.29) is 17.9 Å². The Labute approximate surface area is 143 Å². The van der Waals surface area contributed by atoms with Crippen LogP contribution in [-0.4, -0.2) is 18.7 Å². The average Bonchev–Trinajstić information content (AvgIpc) is 2.54. The summed E-state index contributed by atoms with van der Waals surface area (Å²) in [5.41, 5.74) is 5.89. The minimum absolute atomic E-state index is 0.0693. The zero-order valence-electron chi connectivity index (χ0n) is 14.7. The van der Waals surface area contributed by atoms with Crippen molar-refractivity contribution in [1.82, 2.24) is 5.43 Å². The van der Waals surface area contributed by atoms with Crippen LogP contribution in [0.2, 0.25) is 0 Å². The molecule has 4 heteroatoms. The molecule has 0 heterocycles. The summed E-state index contributed by atoms with van der Waals surface area (Å²) in [6, 6.07) is 15.7. The van der Waals surface area contributed by atoms with Gasteiger partial charge in [-0.15, -0.1) is 0 Å². The molecule has 1 N–H and O–H groups in total. The SMILES string of the molecule is Cc1ccc(C=NNC(=O)COc2ccc(C(C)(C)C)cc2)cc1. The topological polar surface area (TPSA) is 50.7 Å². The molecule has 4 nitrogen and oxygen atoms in total. The van der Waals surface area contributed by atoms with Crippen LogP contribution in [0.5, 0.6) is 5.75 Å². The van der Waals surface area contributed by atoms with Gasteiger partial charge in [-0.1, -0.05) is 62.7 Å². The molecule has 0 atom stereocenters. The van der Waals surface area contributed by atoms with Crippen molar-refractivity contribution in [3.05, 3.63) is 65.2 Å². The quantitative estimate of drug-likeness (QED) is 0.671. The van der Waals surface area contributed by atoms with Crippen LogP contribution in [0.15, 0.2) is 53.6 Å². The summed E-state index contributed by atoms with van der Waals surface area (Å²) in [7, 11) is 0. The molecular weight excluding hydrogens is 300 g/mol. The third-order valence-corrected chi connectivity index (χ3v) is 3.57. The standard InChI is InChI=1S/C20H24N2O2/c1-15-5-7-16(8-6-15)13-21-22-19(23)14-24-18-11-9-17(10-12-18)20(2,3)4/h5-13H,14H2,1-4H3,(H,22,23). The molecule has 2 rings (SSSR count). The fourth-order valence-electron chi connectivity index (χ4n) is 2.06. The van der Waals surface area contributed by atoms with Gasteiger partial charge in [-0.25, -0.2) is 5.43 Å². The van der Waals surface area contributed by atoms with Gasteiger partial charge in [-0.3, -0.25) is 4.79 Å². The van der Waals surface area contributed by atoms with E-state index in [1.165, 1.54) is 11.1 Å². The van der Waals surface area contributed by atoms with Crippen molar-refractivity contribution in [3.63, 3.8) is 0 Å². The molecule has 24 heavy (non-hydrogen) atoms. The number of benzene rings is 2. The molecule has 0 bridgehead atoms. The molecule has 2 aromatic carbocycles. The van der Waals surface area contributed by atoms with Crippen LogP contribution in [0.1, 0.15) is 37.5 Å². The van der Waals surface area contributed by atoms with Crippen LogP contribution >= 0.6 is 0 Å². The van der Waals surface area contributed by atoms with E-state index in [4.69, 9.17) is 4.74 Å². The molecular formula is C20H24N2O2. The van der Waals surface area contributed by atoms with Crippen molar-refractivity contribution in [2.24, 2.45) is 5.10 Å². The molecule has 1 amide bonds. The molecule has 0 aliphatic carbocycles. The van der Waals surface area contributed by atoms with Gasteiger partial charge in [0, 0.05) is 0 Å². The maximum Gasteiger partial charge on any atom is 0.277 e. The molecule has 2 aromatic rings. The van der Waals surface area contributed by atoms with E-state index in [1.807, 2.05) is 55.5 Å². The Morgan fingerprint density at radius 1 is 1.08 bits per heavy atom. The van der Waals surface area contributed by atoms with Crippen LogP contribution in [0.3, 0.4) is 0 Å². The fourth-order valence-corrected chi connectivity index (χ4v) is 2.06. The number of carbonyl (C=O) groups excluding carboxylic acids is 1. The highest BCUT2D eigenvalue weighted by Crippen LogP contribution is 2.24. The first kappa shape index (κ1) is 17.7. The van der Waals surface area contributed by atoms with E-state index in [0.717, 1.165) is 5.56 Å². The number of aryl methyl sites for hydroxylation is 1. The normalized spacial score (nSPS) is 11.5. The summed E-state index contributed by atoms with van der Waals surface area (Å²) in [6.07, 6.45) is 1.61. The first-order valence-electron chi connectivity index (χ1n) is 7.96. The second-order valence-corrected chi connectivity index (χ2v) is 6.77. The molecule has 0 spiro atoms. The van der Waals surface area contributed by atoms with Crippen molar-refractivity contribution in [2.45, 2.75) is 33.1 Å². The Balaban J connectivity index is 1.79. The average molecular weight is 324 g/mol. The smallest absolute Gasteiger partial charge is 0.277 e. The lowest BCUT2D eigenvalue weighted by atomic mass is 9.87. The molecule has 0 unspecified atom stereocenters. The third kappa shape index (κ3) is 5.54. The Morgan fingerprint density at radius 3 is 2.29 bits per heavy atom. The fraction of sp³-hybridized carbons (Fsp3) is 0.300. The molecule has 0 aliphatic rings. The van der Waals surface area contributed by atoms with Crippen LogP contribution in [0, 0.1) is 6.92 Å². The number of amides is 1. The van der Waals surface area contributed by atoms with E-state index in [0.29, 0.717) is 5.75 Å². The van der Waals surface area contributed by atoms with Gasteiger partial charge >= 0.3 is 0 Å². The molecule has 0 saturated heterocycles. The summed E-state index contributed by atoms with van der Waals surface area (Å²) in [5, 5.41) is 3.93. The number of hydrogen-bond donors (Lipinski definition) is 1. The number of nitrogens with zero attached hydrogens (tertiary/aromatic N) is 1. The van der Waals surface area contributed by atoms with Gasteiger partial charge in [0.2, 0.25) is 0 Å². The minimum Gasteiger partial charge on any atom is -0.484 e. The van der Waals surface area contributed by atoms with E-state index >= 15 is 0 Å². The van der Waals surface area contributed by atoms with Crippen LogP contribution in [-0.2, 0) is 10.2 Å². The van der Waals surface area contributed by atoms with Crippen LogP contribution in [0.4, 0.5) is 0 Å². The van der Waals surface area contributed by atoms with Crippen LogP contribution in [0.25, 0.3) is 0 Å². The van der Waals surface area contributed by atoms with Crippen molar-refractivity contribution in [1.29, 1.82) is 0 Å². The lowest BCUT2D eigenvalue weighted by Gasteiger charge is -2.19. The summed E-state index contributed by atoms with van der Waals surface area (Å²) >= 11 is 0. The van der Waals surface area contributed by atoms with Crippen molar-refractivity contribution in [3.8, 4) is 5.75 Å². The number of carbonyl (C=O) groups is 1. The summed E-state index contributed by atoms with van der Waals surface area (Å²) in [5.74, 6) is 0.374. The lowest BCUT2D eigenvalue weighted by molar-refractivity contribution is -0.123. The highest BCUT2D eigenvalue weighted by atomic mass is 16.5. The van der Waals surface area contributed by atoms with Gasteiger partial charge in [0.05, 0.1) is 6.21 Å². The maximum absolute atomic E-state index is 11.7. The summed E-state index contributed by atoms with van der Waals surface area (Å²) < 4.78 is 5.47. The van der Waals surface area contributed by atoms with E-state index in [1.54, 1.807) is 6.21 Å². The molecule has 0 saturated carbocycles. The highest BCUT2D eigenvalue weighted by molar-refractivity contribution is 5.82. The minimum atomic E-state index is -0.293. The van der Waals surface area contributed by atoms with Crippen molar-refractivity contribution in [2.75, 3.05) is 6.61 Å². The zero-order chi connectivity index (χ0) is 17.6. The number of rotatable bonds is 5. The molecule has 126 valence electrons. The first-order valence-corrected chi connectivity index (χ1v) is 7.96. The monoisotopic (exact) mass is 324 g/mol. The largest absolute Gasteiger partial charge is 0.484 e. The summed E-state index contributed by atoms with van der Waals surface area (Å²) in [6.45, 7) is 8.42. The van der Waals surface area contributed by atoms with E-state index < -0.39 is 0 Å². The number of hydrazone groups is 1. The number of hydrogen-bond acceptors (Lipinski definition) is 3. The molecule has 0 fully saturated rings. The van der Waals surface area contributed by atoms with Gasteiger partial charge in [-0.2, -0.15) is 5.10 Å². The van der Waals surface area contributed by atoms with Crippen molar-refractivity contribution < 1.29 is 9.53 Å². The van der Waals surface area contributed by atoms with Gasteiger partial charge in [0.1, 0.15) is 5.75 Å². The first-order chi connectivity index (χ1) is 11.3. The summed E-state index contributed by atoms with van der Waals surface area (Å²) in [4.78, 5) is 11.7. The van der Waals surface area contributed by atoms with Gasteiger partial charge in [-0.05, 0) is 35.6 Å². The van der Waals surface area contributed by atoms with E-state index in [9.17, 15) is 4.79 Å². The Morgan fingerprint density at radius 2 is 1.71 bits per heavy atom. The second-order valence-electron chi connectivity index (χ2n) is 6.77. The van der Waals surface area contributed by atoms with Gasteiger partial charge in [0.15, 0.2) is 6.61 Å². The Hall–Kier alpha value is -2.62. The number of nitrogens with one attached hydrogen (secondary N) is 1. The second kappa shape index (κ2) is 7.77. The van der Waals surface area contributed by atoms with Gasteiger partial charge in [0.25, 0.3) is 5.91 Å². The predicted molar refractivity (Wildman–Crippen MR) is 97.6 cm³/mol. The molecule has 0 radical (unpaired) electrons. The Kier molecular flexibility index (Phi) is 5.74. The van der Waals surface area contributed by atoms with E-state index in [2.05, 4.69) is 31.3 Å². The lowest BCUT2D eigenvalue weighted by Crippen LogP contribution is -2.24. The van der Waals surface area contributed by atoms with Crippen LogP contribution < -0.4 is 10.2 Å². The highest BCUT2D eigenvalue weighted by Gasteiger charge is 2.13. The molecule has 0 aromatic heterocycles. The predicted octanol–water partition coefficient (Wildman–Crippen LogP) is 3.82. The maximum atomic E-state index is 11.7. The zero-order valence-corrected chi connectivity index (χ0v) is 14.7. The molecule has 0 aliphatic heterocycles. The third-order valence-electron chi connectivity index (χ3n) is 3.57. The number of ether oxygens (including phenoxy) is 1. The van der Waals surface area contributed by atoms with Crippen molar-refractivity contribution >= 4 is 12.1 Å². The van der Waals surface area contributed by atoms with Gasteiger partial charge < -0.3 is 4.74 Å².